The summed E-state index contributed by atoms with van der Waals surface area (Å²) in [4.78, 5) is 28.7. The van der Waals surface area contributed by atoms with Gasteiger partial charge in [-0.05, 0) is 37.6 Å². The van der Waals surface area contributed by atoms with Gasteiger partial charge in [-0.1, -0.05) is 59.8 Å². The van der Waals surface area contributed by atoms with Crippen LogP contribution in [0.5, 0.6) is 0 Å². The zero-order chi connectivity index (χ0) is 21.5. The highest BCUT2D eigenvalue weighted by Gasteiger charge is 2.20. The summed E-state index contributed by atoms with van der Waals surface area (Å²) in [6.07, 6.45) is 10.3. The van der Waals surface area contributed by atoms with E-state index in [0.29, 0.717) is 19.3 Å². The molecule has 0 spiro atoms. The minimum atomic E-state index is 0.0936. The average Bonchev–Trinajstić information content (AvgIpc) is 2.68. The van der Waals surface area contributed by atoms with Crippen LogP contribution in [0.25, 0.3) is 0 Å². The molecular formula is C24H47N3O2. The van der Waals surface area contributed by atoms with Gasteiger partial charge >= 0.3 is 0 Å². The highest BCUT2D eigenvalue weighted by atomic mass is 16.2. The summed E-state index contributed by atoms with van der Waals surface area (Å²) in [7, 11) is 0. The largest absolute Gasteiger partial charge is 0.356 e. The lowest BCUT2D eigenvalue weighted by molar-refractivity contribution is -0.133. The van der Waals surface area contributed by atoms with E-state index in [2.05, 4.69) is 37.9 Å². The van der Waals surface area contributed by atoms with Crippen molar-refractivity contribution in [1.29, 1.82) is 0 Å². The van der Waals surface area contributed by atoms with E-state index in [1.54, 1.807) is 0 Å². The number of rotatable bonds is 15. The van der Waals surface area contributed by atoms with E-state index in [1.165, 1.54) is 38.5 Å². The van der Waals surface area contributed by atoms with E-state index in [1.807, 2.05) is 4.90 Å². The van der Waals surface area contributed by atoms with Gasteiger partial charge in [0.1, 0.15) is 0 Å². The molecule has 2 amide bonds. The quantitative estimate of drug-likeness (QED) is 0.406. The Hall–Kier alpha value is -1.10. The van der Waals surface area contributed by atoms with Crippen molar-refractivity contribution in [2.24, 2.45) is 11.8 Å². The fourth-order valence-corrected chi connectivity index (χ4v) is 3.74. The van der Waals surface area contributed by atoms with Crippen molar-refractivity contribution in [1.82, 2.24) is 15.1 Å². The van der Waals surface area contributed by atoms with Crippen molar-refractivity contribution in [2.75, 3.05) is 39.3 Å². The highest BCUT2D eigenvalue weighted by molar-refractivity contribution is 5.79. The molecule has 1 fully saturated rings. The molecule has 0 bridgehead atoms. The number of amides is 2. The van der Waals surface area contributed by atoms with Crippen molar-refractivity contribution in [3.8, 4) is 0 Å². The summed E-state index contributed by atoms with van der Waals surface area (Å²) in [6, 6.07) is 0. The van der Waals surface area contributed by atoms with Gasteiger partial charge in [-0.3, -0.25) is 14.5 Å². The summed E-state index contributed by atoms with van der Waals surface area (Å²) in [5.41, 5.74) is 0. The van der Waals surface area contributed by atoms with E-state index in [-0.39, 0.29) is 11.8 Å². The minimum Gasteiger partial charge on any atom is -0.356 e. The van der Waals surface area contributed by atoms with Crippen LogP contribution >= 0.6 is 0 Å². The van der Waals surface area contributed by atoms with Gasteiger partial charge in [-0.25, -0.2) is 0 Å². The van der Waals surface area contributed by atoms with E-state index in [4.69, 9.17) is 0 Å². The first kappa shape index (κ1) is 25.9. The zero-order valence-corrected chi connectivity index (χ0v) is 19.7. The third-order valence-corrected chi connectivity index (χ3v) is 5.82. The third kappa shape index (κ3) is 13.7. The summed E-state index contributed by atoms with van der Waals surface area (Å²) < 4.78 is 0. The van der Waals surface area contributed by atoms with Crippen LogP contribution in [-0.4, -0.2) is 60.9 Å². The summed E-state index contributed by atoms with van der Waals surface area (Å²) >= 11 is 0. The lowest BCUT2D eigenvalue weighted by Gasteiger charge is -2.35. The minimum absolute atomic E-state index is 0.0936. The highest BCUT2D eigenvalue weighted by Crippen LogP contribution is 2.11. The molecule has 1 aliphatic heterocycles. The predicted molar refractivity (Wildman–Crippen MR) is 122 cm³/mol. The van der Waals surface area contributed by atoms with Gasteiger partial charge in [0.25, 0.3) is 0 Å². The van der Waals surface area contributed by atoms with Crippen molar-refractivity contribution in [3.63, 3.8) is 0 Å². The smallest absolute Gasteiger partial charge is 0.222 e. The second-order valence-electron chi connectivity index (χ2n) is 9.56. The molecule has 0 saturated carbocycles. The third-order valence-electron chi connectivity index (χ3n) is 5.82. The lowest BCUT2D eigenvalue weighted by atomic mass is 10.0. The van der Waals surface area contributed by atoms with E-state index < -0.39 is 0 Å². The molecule has 0 aromatic heterocycles. The molecular weight excluding hydrogens is 362 g/mol. The average molecular weight is 410 g/mol. The molecule has 0 atom stereocenters. The van der Waals surface area contributed by atoms with Gasteiger partial charge in [-0.15, -0.1) is 0 Å². The molecule has 1 saturated heterocycles. The van der Waals surface area contributed by atoms with Gasteiger partial charge in [0.15, 0.2) is 0 Å². The number of hydrogen-bond acceptors (Lipinski definition) is 3. The number of carbonyl (C=O) groups is 2. The molecule has 5 nitrogen and oxygen atoms in total. The molecule has 1 rings (SSSR count). The molecule has 0 aromatic carbocycles. The first-order valence-corrected chi connectivity index (χ1v) is 12.1. The van der Waals surface area contributed by atoms with Crippen molar-refractivity contribution in [2.45, 2.75) is 91.9 Å². The number of carbonyl (C=O) groups excluding carboxylic acids is 2. The Labute approximate surface area is 180 Å². The zero-order valence-electron chi connectivity index (χ0n) is 19.7. The van der Waals surface area contributed by atoms with Gasteiger partial charge in [0.2, 0.25) is 11.8 Å². The van der Waals surface area contributed by atoms with E-state index in [9.17, 15) is 9.59 Å². The van der Waals surface area contributed by atoms with Gasteiger partial charge in [0.05, 0.1) is 0 Å². The summed E-state index contributed by atoms with van der Waals surface area (Å²) in [6.45, 7) is 14.6. The molecule has 1 aliphatic rings. The Morgan fingerprint density at radius 3 is 2.03 bits per heavy atom. The maximum Gasteiger partial charge on any atom is 0.222 e. The predicted octanol–water partition coefficient (Wildman–Crippen LogP) is 4.46. The first-order valence-electron chi connectivity index (χ1n) is 12.1. The lowest BCUT2D eigenvalue weighted by Crippen LogP contribution is -2.48. The molecule has 1 N–H and O–H groups in total. The topological polar surface area (TPSA) is 52.7 Å². The van der Waals surface area contributed by atoms with Crippen LogP contribution in [0.1, 0.15) is 91.9 Å². The normalized spacial score (nSPS) is 15.3. The summed E-state index contributed by atoms with van der Waals surface area (Å²) in [5.74, 6) is 1.84. The molecule has 0 aromatic rings. The van der Waals surface area contributed by atoms with Crippen LogP contribution in [0.15, 0.2) is 0 Å². The van der Waals surface area contributed by atoms with Crippen LogP contribution < -0.4 is 5.32 Å². The number of nitrogens with zero attached hydrogens (tertiary/aromatic N) is 2. The van der Waals surface area contributed by atoms with E-state index >= 15 is 0 Å². The van der Waals surface area contributed by atoms with Crippen molar-refractivity contribution in [3.05, 3.63) is 0 Å². The molecule has 5 heteroatoms. The number of nitrogens with one attached hydrogen (secondary N) is 1. The summed E-state index contributed by atoms with van der Waals surface area (Å²) in [5, 5.41) is 3.00. The van der Waals surface area contributed by atoms with E-state index in [0.717, 1.165) is 57.5 Å². The maximum atomic E-state index is 12.4. The Kier molecular flexibility index (Phi) is 14.0. The van der Waals surface area contributed by atoms with Crippen molar-refractivity contribution >= 4 is 11.8 Å². The van der Waals surface area contributed by atoms with Gasteiger partial charge in [0, 0.05) is 45.6 Å². The molecule has 170 valence electrons. The number of hydrogen-bond donors (Lipinski definition) is 1. The Morgan fingerprint density at radius 2 is 1.38 bits per heavy atom. The second kappa shape index (κ2) is 15.7. The fraction of sp³-hybridized carbons (Fsp3) is 0.917. The molecule has 1 heterocycles. The van der Waals surface area contributed by atoms with Gasteiger partial charge < -0.3 is 10.2 Å². The molecule has 29 heavy (non-hydrogen) atoms. The van der Waals surface area contributed by atoms with Crippen LogP contribution in [0.4, 0.5) is 0 Å². The van der Waals surface area contributed by atoms with Gasteiger partial charge in [-0.2, -0.15) is 0 Å². The SMILES string of the molecule is CC(C)CCCCCCCNC(=O)CCCC(=O)N1CCN(CCC(C)C)CC1. The monoisotopic (exact) mass is 409 g/mol. The Balaban J connectivity index is 1.98. The van der Waals surface area contributed by atoms with Crippen LogP contribution in [0.2, 0.25) is 0 Å². The number of piperazine rings is 1. The standard InChI is InChI=1S/C24H47N3O2/c1-21(2)11-8-6-5-7-9-15-25-23(28)12-10-13-24(29)27-19-17-26(18-20-27)16-14-22(3)4/h21-22H,5-20H2,1-4H3,(H,25,28). The second-order valence-corrected chi connectivity index (χ2v) is 9.56. The maximum absolute atomic E-state index is 12.4. The van der Waals surface area contributed by atoms with Crippen LogP contribution in [-0.2, 0) is 9.59 Å². The fourth-order valence-electron chi connectivity index (χ4n) is 3.74. The first-order chi connectivity index (χ1) is 13.9. The number of unbranched alkanes of at least 4 members (excludes halogenated alkanes) is 4. The molecule has 0 radical (unpaired) electrons. The molecule has 0 aliphatic carbocycles. The Morgan fingerprint density at radius 1 is 0.759 bits per heavy atom. The molecule has 0 unspecified atom stereocenters. The van der Waals surface area contributed by atoms with Crippen LogP contribution in [0.3, 0.4) is 0 Å². The van der Waals surface area contributed by atoms with Crippen molar-refractivity contribution < 1.29 is 9.59 Å². The van der Waals surface area contributed by atoms with Crippen LogP contribution in [0, 0.1) is 11.8 Å². The Bertz CT molecular complexity index is 443.